The second-order valence-electron chi connectivity index (χ2n) is 6.89. The number of aromatic nitrogens is 1. The van der Waals surface area contributed by atoms with Gasteiger partial charge in [-0.05, 0) is 78.9 Å². The molecule has 0 aliphatic carbocycles. The fraction of sp³-hybridized carbons (Fsp3) is 0.217. The minimum Gasteiger partial charge on any atom is -0.550 e. The summed E-state index contributed by atoms with van der Waals surface area (Å²) < 4.78 is 11.6. The number of carbonyl (C=O) groups is 1. The number of nitrogens with zero attached hydrogens (tertiary/aromatic N) is 1. The maximum absolute atomic E-state index is 10.4. The molecule has 148 valence electrons. The van der Waals surface area contributed by atoms with Crippen LogP contribution in [0.3, 0.4) is 0 Å². The molecule has 30 heavy (non-hydrogen) atoms. The molecule has 0 aliphatic rings. The number of fused-ring (bicyclic) bond motifs is 2. The van der Waals surface area contributed by atoms with E-state index in [2.05, 4.69) is 4.98 Å². The van der Waals surface area contributed by atoms with Gasteiger partial charge in [0.25, 0.3) is 0 Å². The summed E-state index contributed by atoms with van der Waals surface area (Å²) in [4.78, 5) is 14.9. The number of ether oxygens (including phenoxy) is 1. The van der Waals surface area contributed by atoms with Crippen molar-refractivity contribution in [1.29, 1.82) is 0 Å². The predicted molar refractivity (Wildman–Crippen MR) is 111 cm³/mol. The van der Waals surface area contributed by atoms with Crippen LogP contribution in [0.5, 0.6) is 5.75 Å². The zero-order valence-corrected chi connectivity index (χ0v) is 19.4. The molecule has 0 spiro atoms. The third-order valence-corrected chi connectivity index (χ3v) is 4.94. The van der Waals surface area contributed by atoms with E-state index in [1.54, 1.807) is 12.1 Å². The number of aliphatic carboxylic acids is 1. The number of carboxylic acids is 1. The quantitative estimate of drug-likeness (QED) is 0.315. The van der Waals surface area contributed by atoms with E-state index < -0.39 is 5.97 Å². The molecule has 0 amide bonds. The smallest absolute Gasteiger partial charge is 0.550 e. The Balaban J connectivity index is 0.00000256. The first-order valence-corrected chi connectivity index (χ1v) is 9.89. The van der Waals surface area contributed by atoms with Gasteiger partial charge in [0.1, 0.15) is 11.3 Å². The van der Waals surface area contributed by atoms with Crippen LogP contribution in [0.25, 0.3) is 33.3 Å². The van der Waals surface area contributed by atoms with Gasteiger partial charge in [0.15, 0.2) is 5.58 Å². The van der Waals surface area contributed by atoms with E-state index in [9.17, 15) is 9.90 Å². The van der Waals surface area contributed by atoms with Crippen LogP contribution < -0.4 is 39.4 Å². The molecule has 7 heteroatoms. The van der Waals surface area contributed by atoms with Gasteiger partial charge >= 0.3 is 29.6 Å². The summed E-state index contributed by atoms with van der Waals surface area (Å²) in [5, 5.41) is 13.1. The first kappa shape index (κ1) is 22.6. The van der Waals surface area contributed by atoms with Gasteiger partial charge in [0.05, 0.1) is 6.61 Å². The van der Waals surface area contributed by atoms with Crippen LogP contribution in [-0.2, 0) is 4.79 Å². The molecule has 0 unspecified atom stereocenters. The third kappa shape index (κ3) is 5.55. The van der Waals surface area contributed by atoms with E-state index in [1.165, 1.54) is 0 Å². The van der Waals surface area contributed by atoms with Crippen molar-refractivity contribution in [2.45, 2.75) is 25.7 Å². The van der Waals surface area contributed by atoms with Crippen LogP contribution in [0.2, 0.25) is 5.02 Å². The summed E-state index contributed by atoms with van der Waals surface area (Å²) in [7, 11) is 0. The van der Waals surface area contributed by atoms with Crippen molar-refractivity contribution in [3.63, 3.8) is 0 Å². The minimum atomic E-state index is -0.999. The van der Waals surface area contributed by atoms with E-state index in [0.717, 1.165) is 40.4 Å². The molecule has 0 aliphatic heterocycles. The molecule has 1 heterocycles. The van der Waals surface area contributed by atoms with E-state index in [1.807, 2.05) is 42.5 Å². The molecule has 0 saturated heterocycles. The number of unbranched alkanes of at least 4 members (excludes halogenated alkanes) is 2. The number of carboxylic acid groups (broad SMARTS) is 1. The molecule has 0 atom stereocenters. The number of benzene rings is 3. The molecule has 0 fully saturated rings. The third-order valence-electron chi connectivity index (χ3n) is 4.70. The van der Waals surface area contributed by atoms with Crippen LogP contribution in [0, 0.1) is 0 Å². The first-order valence-electron chi connectivity index (χ1n) is 9.51. The summed E-state index contributed by atoms with van der Waals surface area (Å²) >= 11 is 6.02. The van der Waals surface area contributed by atoms with Gasteiger partial charge in [0.2, 0.25) is 5.89 Å². The predicted octanol–water partition coefficient (Wildman–Crippen LogP) is 1.99. The SMILES string of the molecule is O=C([O-])CCCCCOc1ccc2cc(-c3nc4cc(Cl)ccc4o3)ccc2c1.[Na+]. The summed E-state index contributed by atoms with van der Waals surface area (Å²) in [5.74, 6) is 0.351. The van der Waals surface area contributed by atoms with E-state index in [-0.39, 0.29) is 36.0 Å². The maximum atomic E-state index is 10.4. The second-order valence-corrected chi connectivity index (χ2v) is 7.32. The molecular weight excluding hydrogens is 413 g/mol. The number of hydrogen-bond donors (Lipinski definition) is 0. The van der Waals surface area contributed by atoms with Crippen molar-refractivity contribution < 1.29 is 48.6 Å². The molecule has 3 aromatic carbocycles. The number of rotatable bonds is 8. The molecule has 4 aromatic rings. The number of hydrogen-bond acceptors (Lipinski definition) is 5. The maximum Gasteiger partial charge on any atom is 1.00 e. The van der Waals surface area contributed by atoms with Crippen molar-refractivity contribution in [3.05, 3.63) is 59.6 Å². The molecule has 0 saturated carbocycles. The van der Waals surface area contributed by atoms with Gasteiger partial charge in [-0.2, -0.15) is 0 Å². The molecule has 0 bridgehead atoms. The normalized spacial score (nSPS) is 10.8. The Morgan fingerprint density at radius 2 is 1.80 bits per heavy atom. The Morgan fingerprint density at radius 3 is 2.63 bits per heavy atom. The van der Waals surface area contributed by atoms with E-state index in [4.69, 9.17) is 20.8 Å². The Kier molecular flexibility index (Phi) is 7.78. The number of carbonyl (C=O) groups excluding carboxylic acids is 1. The van der Waals surface area contributed by atoms with E-state index in [0.29, 0.717) is 29.5 Å². The van der Waals surface area contributed by atoms with Crippen molar-refractivity contribution in [1.82, 2.24) is 4.98 Å². The number of oxazole rings is 1. The Bertz CT molecular complexity index is 1170. The van der Waals surface area contributed by atoms with Gasteiger partial charge < -0.3 is 19.1 Å². The fourth-order valence-corrected chi connectivity index (χ4v) is 3.38. The molecule has 0 N–H and O–H groups in total. The van der Waals surface area contributed by atoms with Gasteiger partial charge in [-0.15, -0.1) is 0 Å². The van der Waals surface area contributed by atoms with Crippen LogP contribution in [0.1, 0.15) is 25.7 Å². The van der Waals surface area contributed by atoms with Crippen LogP contribution in [0.4, 0.5) is 0 Å². The fourth-order valence-electron chi connectivity index (χ4n) is 3.21. The minimum absolute atomic E-state index is 0. The molecular formula is C23H19ClNNaO4. The zero-order valence-electron chi connectivity index (χ0n) is 16.7. The van der Waals surface area contributed by atoms with Crippen molar-refractivity contribution in [3.8, 4) is 17.2 Å². The van der Waals surface area contributed by atoms with Gasteiger partial charge in [-0.3, -0.25) is 0 Å². The van der Waals surface area contributed by atoms with Crippen LogP contribution >= 0.6 is 11.6 Å². The summed E-state index contributed by atoms with van der Waals surface area (Å²) in [6.07, 6.45) is 2.34. The largest absolute Gasteiger partial charge is 1.00 e. The molecule has 4 rings (SSSR count). The van der Waals surface area contributed by atoms with E-state index >= 15 is 0 Å². The Hall–Kier alpha value is -2.05. The monoisotopic (exact) mass is 431 g/mol. The van der Waals surface area contributed by atoms with Gasteiger partial charge in [-0.25, -0.2) is 4.98 Å². The summed E-state index contributed by atoms with van der Waals surface area (Å²) in [6, 6.07) is 17.3. The average Bonchev–Trinajstić information content (AvgIpc) is 3.13. The van der Waals surface area contributed by atoms with Crippen LogP contribution in [0.15, 0.2) is 59.0 Å². The molecule has 5 nitrogen and oxygen atoms in total. The van der Waals surface area contributed by atoms with Crippen molar-refractivity contribution in [2.24, 2.45) is 0 Å². The zero-order chi connectivity index (χ0) is 20.2. The summed E-state index contributed by atoms with van der Waals surface area (Å²) in [6.45, 7) is 0.558. The Morgan fingerprint density at radius 1 is 1.00 bits per heavy atom. The van der Waals surface area contributed by atoms with Gasteiger partial charge in [0, 0.05) is 16.6 Å². The standard InChI is InChI=1S/C23H20ClNO4.Na/c24-18-8-10-21-20(14-18)25-23(29-21)17-6-5-16-13-19(9-7-15(16)12-17)28-11-3-1-2-4-22(26)27;/h5-10,12-14H,1-4,11H2,(H,26,27);/q;+1/p-1. The van der Waals surface area contributed by atoms with Crippen molar-refractivity contribution >= 4 is 39.4 Å². The summed E-state index contributed by atoms with van der Waals surface area (Å²) in [5.41, 5.74) is 2.33. The number of halogens is 1. The first-order chi connectivity index (χ1) is 14.1. The average molecular weight is 432 g/mol. The Labute approximate surface area is 201 Å². The van der Waals surface area contributed by atoms with Gasteiger partial charge in [-0.1, -0.05) is 23.7 Å². The topological polar surface area (TPSA) is 75.4 Å². The van der Waals surface area contributed by atoms with Crippen molar-refractivity contribution in [2.75, 3.05) is 6.61 Å². The van der Waals surface area contributed by atoms with Crippen LogP contribution in [-0.4, -0.2) is 17.6 Å². The molecule has 1 aromatic heterocycles. The molecule has 0 radical (unpaired) electrons. The second kappa shape index (κ2) is 10.3.